The molecular formula is C23H29N7O3. The Hall–Kier alpha value is -3.69. The number of aryl methyl sites for hydroxylation is 1. The molecule has 0 unspecified atom stereocenters. The van der Waals surface area contributed by atoms with Gasteiger partial charge in [0.1, 0.15) is 11.2 Å². The first kappa shape index (κ1) is 18.8. The van der Waals surface area contributed by atoms with E-state index in [9.17, 15) is 14.4 Å². The Balaban J connectivity index is 1.78. The van der Waals surface area contributed by atoms with Gasteiger partial charge in [0.15, 0.2) is 5.82 Å². The molecule has 0 atom stereocenters. The maximum atomic E-state index is 13.4. The van der Waals surface area contributed by atoms with Crippen molar-refractivity contribution in [1.29, 1.82) is 0 Å². The maximum absolute atomic E-state index is 13.4. The highest BCUT2D eigenvalue weighted by molar-refractivity contribution is 6.02. The van der Waals surface area contributed by atoms with Gasteiger partial charge in [-0.05, 0) is 24.3 Å². The van der Waals surface area contributed by atoms with Crippen molar-refractivity contribution in [2.45, 2.75) is 40.2 Å². The number of hydrogen-bond donors (Lipinski definition) is 3. The Morgan fingerprint density at radius 1 is 1.30 bits per heavy atom. The van der Waals surface area contributed by atoms with Crippen molar-refractivity contribution in [2.75, 3.05) is 17.6 Å². The molecule has 0 aromatic carbocycles. The van der Waals surface area contributed by atoms with Gasteiger partial charge in [-0.1, -0.05) is 20.8 Å². The summed E-state index contributed by atoms with van der Waals surface area (Å²) in [5, 5.41) is 12.4. The van der Waals surface area contributed by atoms with E-state index in [1.165, 1.54) is 12.3 Å². The maximum Gasteiger partial charge on any atom is 0.263 e. The standard InChI is InChI=1S/C23H29N7O3/c1-23(2,3)12-30-9-8-16-18(22(30)33)19(28-29(16)5)26-15-10-17(27-20(31)13-6-7-13)25-11-14(15)21(32)24-4/h8-11,13H,6-7,12H2,1-5H3,(H,24,32)(H2,25,26,27,28,31)/i4D3. The van der Waals surface area contributed by atoms with Gasteiger partial charge in [-0.25, -0.2) is 4.98 Å². The lowest BCUT2D eigenvalue weighted by molar-refractivity contribution is -0.117. The van der Waals surface area contributed by atoms with E-state index in [4.69, 9.17) is 4.11 Å². The van der Waals surface area contributed by atoms with E-state index >= 15 is 0 Å². The summed E-state index contributed by atoms with van der Waals surface area (Å²) in [7, 11) is 1.69. The van der Waals surface area contributed by atoms with Crippen molar-refractivity contribution >= 4 is 40.0 Å². The van der Waals surface area contributed by atoms with Gasteiger partial charge in [-0.2, -0.15) is 5.10 Å². The SMILES string of the molecule is [2H]C([2H])([2H])NC(=O)c1cnc(NC(=O)C2CC2)cc1Nc1nn(C)c2ccn(CC(C)(C)C)c(=O)c12. The van der Waals surface area contributed by atoms with Gasteiger partial charge < -0.3 is 20.5 Å². The number of carbonyl (C=O) groups is 2. The largest absolute Gasteiger partial charge is 0.355 e. The molecule has 10 heteroatoms. The van der Waals surface area contributed by atoms with Crippen molar-refractivity contribution < 1.29 is 13.7 Å². The molecule has 0 spiro atoms. The van der Waals surface area contributed by atoms with Crippen LogP contribution < -0.4 is 21.5 Å². The van der Waals surface area contributed by atoms with E-state index in [1.54, 1.807) is 28.6 Å². The predicted molar refractivity (Wildman–Crippen MR) is 127 cm³/mol. The minimum absolute atomic E-state index is 0.0669. The van der Waals surface area contributed by atoms with Gasteiger partial charge in [0.25, 0.3) is 11.5 Å². The summed E-state index contributed by atoms with van der Waals surface area (Å²) in [6.07, 6.45) is 4.50. The molecular weight excluding hydrogens is 422 g/mol. The molecule has 1 aliphatic rings. The van der Waals surface area contributed by atoms with Gasteiger partial charge in [0, 0.05) is 49.1 Å². The predicted octanol–water partition coefficient (Wildman–Crippen LogP) is 2.63. The summed E-state index contributed by atoms with van der Waals surface area (Å²) in [5.41, 5.74) is 0.234. The number of nitrogens with zero attached hydrogens (tertiary/aromatic N) is 4. The smallest absolute Gasteiger partial charge is 0.263 e. The normalized spacial score (nSPS) is 15.5. The molecule has 0 radical (unpaired) electrons. The molecule has 2 amide bonds. The van der Waals surface area contributed by atoms with Crippen LogP contribution in [-0.4, -0.2) is 38.1 Å². The lowest BCUT2D eigenvalue weighted by Crippen LogP contribution is -2.26. The third-order valence-electron chi connectivity index (χ3n) is 5.34. The number of rotatable bonds is 6. The van der Waals surface area contributed by atoms with Crippen LogP contribution in [0.3, 0.4) is 0 Å². The highest BCUT2D eigenvalue weighted by Gasteiger charge is 2.30. The fourth-order valence-corrected chi connectivity index (χ4v) is 3.61. The fourth-order valence-electron chi connectivity index (χ4n) is 3.61. The summed E-state index contributed by atoms with van der Waals surface area (Å²) in [6.45, 7) is 3.84. The zero-order chi connectivity index (χ0) is 26.4. The van der Waals surface area contributed by atoms with Crippen molar-refractivity contribution in [3.63, 3.8) is 0 Å². The molecule has 33 heavy (non-hydrogen) atoms. The first-order valence-corrected chi connectivity index (χ1v) is 10.7. The van der Waals surface area contributed by atoms with Gasteiger partial charge in [0.2, 0.25) is 5.91 Å². The Kier molecular flexibility index (Phi) is 4.76. The highest BCUT2D eigenvalue weighted by Crippen LogP contribution is 2.31. The molecule has 0 bridgehead atoms. The molecule has 3 aromatic heterocycles. The van der Waals surface area contributed by atoms with Crippen molar-refractivity contribution in [3.05, 3.63) is 40.4 Å². The number of pyridine rings is 2. The minimum Gasteiger partial charge on any atom is -0.355 e. The Morgan fingerprint density at radius 2 is 2.06 bits per heavy atom. The highest BCUT2D eigenvalue weighted by atomic mass is 16.2. The van der Waals surface area contributed by atoms with Crippen LogP contribution in [0.5, 0.6) is 0 Å². The van der Waals surface area contributed by atoms with E-state index in [1.807, 2.05) is 26.1 Å². The number of hydrogen-bond acceptors (Lipinski definition) is 6. The number of fused-ring (bicyclic) bond motifs is 1. The second-order valence-electron chi connectivity index (χ2n) is 9.50. The molecule has 174 valence electrons. The van der Waals surface area contributed by atoms with Crippen LogP contribution in [0.4, 0.5) is 17.3 Å². The third kappa shape index (κ3) is 4.74. The molecule has 3 heterocycles. The van der Waals surface area contributed by atoms with Crippen molar-refractivity contribution in [3.8, 4) is 0 Å². The first-order valence-electron chi connectivity index (χ1n) is 12.2. The second kappa shape index (κ2) is 8.34. The first-order chi connectivity index (χ1) is 16.7. The van der Waals surface area contributed by atoms with E-state index in [0.29, 0.717) is 17.4 Å². The lowest BCUT2D eigenvalue weighted by Gasteiger charge is -2.19. The van der Waals surface area contributed by atoms with E-state index in [0.717, 1.165) is 12.8 Å². The summed E-state index contributed by atoms with van der Waals surface area (Å²) < 4.78 is 25.3. The summed E-state index contributed by atoms with van der Waals surface area (Å²) in [6, 6.07) is 3.21. The zero-order valence-corrected chi connectivity index (χ0v) is 19.0. The van der Waals surface area contributed by atoms with Gasteiger partial charge in [-0.3, -0.25) is 19.1 Å². The van der Waals surface area contributed by atoms with Crippen molar-refractivity contribution in [2.24, 2.45) is 18.4 Å². The van der Waals surface area contributed by atoms with Crippen LogP contribution in [-0.2, 0) is 18.4 Å². The average Bonchev–Trinajstić information content (AvgIpc) is 3.53. The van der Waals surface area contributed by atoms with Crippen LogP contribution in [0.25, 0.3) is 10.9 Å². The number of aromatic nitrogens is 4. The Labute approximate surface area is 195 Å². The topological polar surface area (TPSA) is 123 Å². The molecule has 1 saturated carbocycles. The fraction of sp³-hybridized carbons (Fsp3) is 0.435. The molecule has 3 N–H and O–H groups in total. The minimum atomic E-state index is -2.72. The quantitative estimate of drug-likeness (QED) is 0.526. The third-order valence-corrected chi connectivity index (χ3v) is 5.34. The Bertz CT molecular complexity index is 1400. The van der Waals surface area contributed by atoms with Crippen LogP contribution in [0.1, 0.15) is 48.1 Å². The monoisotopic (exact) mass is 454 g/mol. The second-order valence-corrected chi connectivity index (χ2v) is 9.50. The van der Waals surface area contributed by atoms with Crippen LogP contribution in [0.15, 0.2) is 29.3 Å². The van der Waals surface area contributed by atoms with Crippen LogP contribution >= 0.6 is 0 Å². The van der Waals surface area contributed by atoms with Crippen LogP contribution in [0.2, 0.25) is 0 Å². The molecule has 1 aliphatic carbocycles. The van der Waals surface area contributed by atoms with E-state index < -0.39 is 12.9 Å². The summed E-state index contributed by atoms with van der Waals surface area (Å²) in [5.74, 6) is -0.765. The van der Waals surface area contributed by atoms with Gasteiger partial charge in [-0.15, -0.1) is 0 Å². The lowest BCUT2D eigenvalue weighted by atomic mass is 9.97. The molecule has 0 saturated heterocycles. The molecule has 4 rings (SSSR count). The van der Waals surface area contributed by atoms with Gasteiger partial charge >= 0.3 is 0 Å². The summed E-state index contributed by atoms with van der Waals surface area (Å²) >= 11 is 0. The zero-order valence-electron chi connectivity index (χ0n) is 22.0. The number of carbonyl (C=O) groups excluding carboxylic acids is 2. The van der Waals surface area contributed by atoms with Crippen molar-refractivity contribution in [1.82, 2.24) is 24.6 Å². The molecule has 3 aromatic rings. The summed E-state index contributed by atoms with van der Waals surface area (Å²) in [4.78, 5) is 42.5. The van der Waals surface area contributed by atoms with E-state index in [2.05, 4.69) is 20.7 Å². The Morgan fingerprint density at radius 3 is 2.73 bits per heavy atom. The average molecular weight is 455 g/mol. The molecule has 10 nitrogen and oxygen atoms in total. The number of nitrogens with one attached hydrogen (secondary N) is 3. The van der Waals surface area contributed by atoms with E-state index in [-0.39, 0.29) is 45.7 Å². The molecule has 1 fully saturated rings. The number of amides is 2. The van der Waals surface area contributed by atoms with Gasteiger partial charge in [0.05, 0.1) is 16.8 Å². The number of anilines is 3. The molecule has 0 aliphatic heterocycles. The van der Waals surface area contributed by atoms with Crippen LogP contribution in [0, 0.1) is 11.3 Å².